The predicted molar refractivity (Wildman–Crippen MR) is 109 cm³/mol. The highest BCUT2D eigenvalue weighted by Gasteiger charge is 2.29. The summed E-state index contributed by atoms with van der Waals surface area (Å²) >= 11 is 0. The van der Waals surface area contributed by atoms with Gasteiger partial charge in [-0.1, -0.05) is 25.1 Å². The van der Waals surface area contributed by atoms with Crippen LogP contribution in [0.4, 0.5) is 14.5 Å². The van der Waals surface area contributed by atoms with Crippen LogP contribution in [-0.4, -0.2) is 54.3 Å². The number of halogens is 2. The molecule has 1 saturated heterocycles. The van der Waals surface area contributed by atoms with E-state index in [1.165, 1.54) is 6.07 Å². The van der Waals surface area contributed by atoms with Crippen molar-refractivity contribution in [3.8, 4) is 0 Å². The number of piperazine rings is 1. The fraction of sp³-hybridized carbons (Fsp3) is 0.273. The minimum Gasteiger partial charge on any atom is -0.449 e. The van der Waals surface area contributed by atoms with Crippen LogP contribution >= 0.6 is 0 Å². The van der Waals surface area contributed by atoms with Crippen LogP contribution in [0.25, 0.3) is 11.0 Å². The molecule has 2 heterocycles. The first-order valence-electron chi connectivity index (χ1n) is 9.78. The molecular formula is C22H21F2N3O3. The maximum Gasteiger partial charge on any atom is 0.291 e. The van der Waals surface area contributed by atoms with Gasteiger partial charge in [-0.05, 0) is 30.8 Å². The number of anilines is 1. The molecule has 1 aliphatic rings. The summed E-state index contributed by atoms with van der Waals surface area (Å²) in [5.41, 5.74) is -0.198. The second-order valence-corrected chi connectivity index (χ2v) is 7.08. The van der Waals surface area contributed by atoms with Gasteiger partial charge >= 0.3 is 0 Å². The van der Waals surface area contributed by atoms with E-state index in [0.717, 1.165) is 31.8 Å². The molecule has 1 N–H and O–H groups in total. The van der Waals surface area contributed by atoms with Crippen LogP contribution in [0.15, 0.2) is 46.9 Å². The summed E-state index contributed by atoms with van der Waals surface area (Å²) in [4.78, 5) is 29.7. The van der Waals surface area contributed by atoms with Gasteiger partial charge in [-0.25, -0.2) is 8.78 Å². The Morgan fingerprint density at radius 2 is 1.67 bits per heavy atom. The highest BCUT2D eigenvalue weighted by Crippen LogP contribution is 2.32. The van der Waals surface area contributed by atoms with E-state index in [2.05, 4.69) is 17.1 Å². The SMILES string of the molecule is CCN1CCN(C(=O)c2oc3ccccc3c2NC(=O)c2c(F)cccc2F)CC1. The Morgan fingerprint density at radius 3 is 2.33 bits per heavy atom. The van der Waals surface area contributed by atoms with Crippen molar-refractivity contribution in [2.45, 2.75) is 6.92 Å². The molecule has 1 aromatic heterocycles. The number of hydrogen-bond donors (Lipinski definition) is 1. The quantitative estimate of drug-likeness (QED) is 0.708. The van der Waals surface area contributed by atoms with Crippen LogP contribution in [0.2, 0.25) is 0 Å². The van der Waals surface area contributed by atoms with E-state index in [9.17, 15) is 18.4 Å². The summed E-state index contributed by atoms with van der Waals surface area (Å²) in [6.07, 6.45) is 0. The van der Waals surface area contributed by atoms with Crippen molar-refractivity contribution >= 4 is 28.5 Å². The van der Waals surface area contributed by atoms with Gasteiger partial charge in [0.15, 0.2) is 0 Å². The largest absolute Gasteiger partial charge is 0.449 e. The van der Waals surface area contributed by atoms with Crippen molar-refractivity contribution in [3.63, 3.8) is 0 Å². The summed E-state index contributed by atoms with van der Waals surface area (Å²) in [6, 6.07) is 10.0. The average Bonchev–Trinajstić information content (AvgIpc) is 3.11. The molecule has 0 bridgehead atoms. The number of likely N-dealkylation sites (N-methyl/N-ethyl adjacent to an activating group) is 1. The molecule has 30 heavy (non-hydrogen) atoms. The van der Waals surface area contributed by atoms with E-state index < -0.39 is 23.1 Å². The van der Waals surface area contributed by atoms with E-state index in [1.807, 2.05) is 0 Å². The van der Waals surface area contributed by atoms with Crippen molar-refractivity contribution in [2.75, 3.05) is 38.0 Å². The number of hydrogen-bond acceptors (Lipinski definition) is 4. The van der Waals surface area contributed by atoms with E-state index in [1.54, 1.807) is 29.2 Å². The van der Waals surface area contributed by atoms with E-state index in [-0.39, 0.29) is 17.4 Å². The zero-order valence-electron chi connectivity index (χ0n) is 16.5. The fourth-order valence-electron chi connectivity index (χ4n) is 3.62. The third kappa shape index (κ3) is 3.66. The van der Waals surface area contributed by atoms with Crippen LogP contribution in [-0.2, 0) is 0 Å². The summed E-state index contributed by atoms with van der Waals surface area (Å²) in [5.74, 6) is -3.37. The minimum absolute atomic E-state index is 0.0498. The minimum atomic E-state index is -0.984. The highest BCUT2D eigenvalue weighted by molar-refractivity contribution is 6.14. The lowest BCUT2D eigenvalue weighted by molar-refractivity contribution is 0.0616. The topological polar surface area (TPSA) is 65.8 Å². The molecule has 0 aliphatic carbocycles. The molecule has 4 rings (SSSR count). The number of amides is 2. The first-order chi connectivity index (χ1) is 14.5. The fourth-order valence-corrected chi connectivity index (χ4v) is 3.62. The van der Waals surface area contributed by atoms with Gasteiger partial charge in [0, 0.05) is 31.6 Å². The Kier molecular flexibility index (Phi) is 5.50. The van der Waals surface area contributed by atoms with Gasteiger partial charge < -0.3 is 19.5 Å². The lowest BCUT2D eigenvalue weighted by atomic mass is 10.1. The maximum absolute atomic E-state index is 14.1. The van der Waals surface area contributed by atoms with Crippen molar-refractivity contribution in [3.05, 3.63) is 65.4 Å². The summed E-state index contributed by atoms with van der Waals surface area (Å²) in [5, 5.41) is 2.99. The summed E-state index contributed by atoms with van der Waals surface area (Å²) < 4.78 is 33.9. The highest BCUT2D eigenvalue weighted by atomic mass is 19.1. The molecule has 0 spiro atoms. The molecule has 6 nitrogen and oxygen atoms in total. The van der Waals surface area contributed by atoms with Gasteiger partial charge in [-0.15, -0.1) is 0 Å². The molecule has 2 aromatic carbocycles. The average molecular weight is 413 g/mol. The van der Waals surface area contributed by atoms with Gasteiger partial charge in [0.05, 0.1) is 0 Å². The standard InChI is InChI=1S/C22H21F2N3O3/c1-2-26-10-12-27(13-11-26)22(29)20-19(14-6-3-4-9-17(14)30-20)25-21(28)18-15(23)7-5-8-16(18)24/h3-9H,2,10-13H2,1H3,(H,25,28). The van der Waals surface area contributed by atoms with Gasteiger partial charge in [-0.3, -0.25) is 9.59 Å². The van der Waals surface area contributed by atoms with Gasteiger partial charge in [0.2, 0.25) is 5.76 Å². The molecule has 1 fully saturated rings. The van der Waals surface area contributed by atoms with Crippen LogP contribution in [0.1, 0.15) is 27.8 Å². The third-order valence-electron chi connectivity index (χ3n) is 5.32. The van der Waals surface area contributed by atoms with Crippen molar-refractivity contribution in [1.82, 2.24) is 9.80 Å². The Bertz CT molecular complexity index is 1080. The monoisotopic (exact) mass is 413 g/mol. The maximum atomic E-state index is 14.1. The molecule has 8 heteroatoms. The number of rotatable bonds is 4. The lowest BCUT2D eigenvalue weighted by Gasteiger charge is -2.33. The van der Waals surface area contributed by atoms with Crippen LogP contribution in [0.5, 0.6) is 0 Å². The zero-order chi connectivity index (χ0) is 21.3. The van der Waals surface area contributed by atoms with Crippen molar-refractivity contribution in [2.24, 2.45) is 0 Å². The number of para-hydroxylation sites is 1. The molecular weight excluding hydrogens is 392 g/mol. The number of benzene rings is 2. The second-order valence-electron chi connectivity index (χ2n) is 7.08. The number of nitrogens with zero attached hydrogens (tertiary/aromatic N) is 2. The molecule has 0 radical (unpaired) electrons. The summed E-state index contributed by atoms with van der Waals surface area (Å²) in [7, 11) is 0. The molecule has 0 unspecified atom stereocenters. The third-order valence-corrected chi connectivity index (χ3v) is 5.32. The molecule has 0 atom stereocenters. The Balaban J connectivity index is 1.69. The van der Waals surface area contributed by atoms with Gasteiger partial charge in [0.1, 0.15) is 28.5 Å². The first kappa shape index (κ1) is 20.0. The lowest BCUT2D eigenvalue weighted by Crippen LogP contribution is -2.48. The molecule has 3 aromatic rings. The molecule has 0 saturated carbocycles. The van der Waals surface area contributed by atoms with E-state index in [0.29, 0.717) is 24.1 Å². The Hall–Kier alpha value is -3.26. The van der Waals surface area contributed by atoms with Crippen LogP contribution in [0.3, 0.4) is 0 Å². The van der Waals surface area contributed by atoms with Crippen LogP contribution < -0.4 is 5.32 Å². The normalized spacial score (nSPS) is 14.8. The van der Waals surface area contributed by atoms with Crippen molar-refractivity contribution < 1.29 is 22.8 Å². The van der Waals surface area contributed by atoms with E-state index in [4.69, 9.17) is 4.42 Å². The van der Waals surface area contributed by atoms with Gasteiger partial charge in [-0.2, -0.15) is 0 Å². The predicted octanol–water partition coefficient (Wildman–Crippen LogP) is 3.74. The number of furan rings is 1. The van der Waals surface area contributed by atoms with E-state index >= 15 is 0 Å². The first-order valence-corrected chi connectivity index (χ1v) is 9.78. The molecule has 1 aliphatic heterocycles. The van der Waals surface area contributed by atoms with Gasteiger partial charge in [0.25, 0.3) is 11.8 Å². The number of carbonyl (C=O) groups excluding carboxylic acids is 2. The number of nitrogens with one attached hydrogen (secondary N) is 1. The Labute approximate surface area is 172 Å². The number of fused-ring (bicyclic) bond motifs is 1. The Morgan fingerprint density at radius 1 is 1.00 bits per heavy atom. The summed E-state index contributed by atoms with van der Waals surface area (Å²) in [6.45, 7) is 5.50. The second kappa shape index (κ2) is 8.23. The smallest absolute Gasteiger partial charge is 0.291 e. The molecule has 156 valence electrons. The van der Waals surface area contributed by atoms with Crippen LogP contribution in [0, 0.1) is 11.6 Å². The molecule has 2 amide bonds. The van der Waals surface area contributed by atoms with Crippen molar-refractivity contribution in [1.29, 1.82) is 0 Å². The number of carbonyl (C=O) groups is 2. The zero-order valence-corrected chi connectivity index (χ0v) is 16.5.